The molecule has 0 saturated heterocycles. The molecule has 2 nitrogen and oxygen atoms in total. The number of alkyl halides is 1. The highest BCUT2D eigenvalue weighted by atomic mass is 127. The summed E-state index contributed by atoms with van der Waals surface area (Å²) in [6.07, 6.45) is 0.647. The molecule has 0 N–H and O–H groups in total. The largest absolute Gasteiger partial charge is 0.293 e. The average molecular weight is 452 g/mol. The Morgan fingerprint density at radius 3 is 2.48 bits per heavy atom. The van der Waals surface area contributed by atoms with Crippen LogP contribution in [0.3, 0.4) is 0 Å². The van der Waals surface area contributed by atoms with Crippen LogP contribution in [0.1, 0.15) is 5.82 Å². The second kappa shape index (κ2) is 6.32. The number of aryl methyl sites for hydroxylation is 1. The summed E-state index contributed by atoms with van der Waals surface area (Å²) in [4.78, 5) is 4.68. The summed E-state index contributed by atoms with van der Waals surface area (Å²) in [6, 6.07) is 11.6. The maximum atomic E-state index is 6.36. The zero-order valence-corrected chi connectivity index (χ0v) is 15.2. The lowest BCUT2D eigenvalue weighted by atomic mass is 10.2. The van der Waals surface area contributed by atoms with E-state index < -0.39 is 0 Å². The fraction of sp³-hybridized carbons (Fsp3) is 0.133. The quantitative estimate of drug-likeness (QED) is 0.368. The van der Waals surface area contributed by atoms with Crippen molar-refractivity contribution >= 4 is 68.4 Å². The SMILES string of the molecule is ClCCc1nc2cc(I)ccc2n1-c1c(Cl)cccc1Cl. The van der Waals surface area contributed by atoms with Crippen molar-refractivity contribution in [2.45, 2.75) is 6.42 Å². The lowest BCUT2D eigenvalue weighted by molar-refractivity contribution is 0.912. The molecular formula is C15H10Cl3IN2. The molecule has 0 amide bonds. The number of para-hydroxylation sites is 1. The van der Waals surface area contributed by atoms with Gasteiger partial charge in [-0.3, -0.25) is 4.57 Å². The van der Waals surface area contributed by atoms with E-state index in [4.69, 9.17) is 34.8 Å². The van der Waals surface area contributed by atoms with Crippen LogP contribution in [0.15, 0.2) is 36.4 Å². The summed E-state index contributed by atoms with van der Waals surface area (Å²) in [6.45, 7) is 0. The third-order valence-corrected chi connectivity index (χ3v) is 4.64. The van der Waals surface area contributed by atoms with Crippen LogP contribution in [0.5, 0.6) is 0 Å². The number of nitrogens with zero attached hydrogens (tertiary/aromatic N) is 2. The van der Waals surface area contributed by atoms with Crippen LogP contribution < -0.4 is 0 Å². The fourth-order valence-corrected chi connectivity index (χ4v) is 3.52. The van der Waals surface area contributed by atoms with E-state index in [9.17, 15) is 0 Å². The van der Waals surface area contributed by atoms with E-state index in [0.29, 0.717) is 22.3 Å². The molecule has 3 aromatic rings. The Labute approximate surface area is 151 Å². The number of imidazole rings is 1. The molecule has 0 radical (unpaired) electrons. The molecule has 0 spiro atoms. The van der Waals surface area contributed by atoms with Crippen molar-refractivity contribution in [2.75, 3.05) is 5.88 Å². The Balaban J connectivity index is 2.36. The first-order valence-electron chi connectivity index (χ1n) is 6.29. The van der Waals surface area contributed by atoms with Gasteiger partial charge in [0.25, 0.3) is 0 Å². The van der Waals surface area contributed by atoms with Gasteiger partial charge in [-0.25, -0.2) is 4.98 Å². The molecule has 0 saturated carbocycles. The van der Waals surface area contributed by atoms with Crippen molar-refractivity contribution in [1.82, 2.24) is 9.55 Å². The van der Waals surface area contributed by atoms with E-state index in [1.165, 1.54) is 0 Å². The van der Waals surface area contributed by atoms with Gasteiger partial charge in [-0.1, -0.05) is 29.3 Å². The van der Waals surface area contributed by atoms with Crippen LogP contribution in [-0.2, 0) is 6.42 Å². The maximum absolute atomic E-state index is 6.36. The summed E-state index contributed by atoms with van der Waals surface area (Å²) in [7, 11) is 0. The zero-order chi connectivity index (χ0) is 15.0. The van der Waals surface area contributed by atoms with Gasteiger partial charge in [0, 0.05) is 15.9 Å². The highest BCUT2D eigenvalue weighted by Crippen LogP contribution is 2.33. The van der Waals surface area contributed by atoms with Gasteiger partial charge in [-0.15, -0.1) is 11.6 Å². The zero-order valence-electron chi connectivity index (χ0n) is 10.8. The Kier molecular flexibility index (Phi) is 4.64. The molecule has 1 aromatic heterocycles. The van der Waals surface area contributed by atoms with Crippen molar-refractivity contribution < 1.29 is 0 Å². The van der Waals surface area contributed by atoms with E-state index in [-0.39, 0.29) is 0 Å². The highest BCUT2D eigenvalue weighted by molar-refractivity contribution is 14.1. The number of hydrogen-bond acceptors (Lipinski definition) is 1. The van der Waals surface area contributed by atoms with E-state index >= 15 is 0 Å². The van der Waals surface area contributed by atoms with Crippen molar-refractivity contribution in [3.63, 3.8) is 0 Å². The summed E-state index contributed by atoms with van der Waals surface area (Å²) in [5.41, 5.74) is 2.65. The summed E-state index contributed by atoms with van der Waals surface area (Å²) >= 11 is 20.9. The first kappa shape index (κ1) is 15.4. The second-order valence-electron chi connectivity index (χ2n) is 4.51. The van der Waals surface area contributed by atoms with Crippen molar-refractivity contribution in [3.05, 3.63) is 55.8 Å². The van der Waals surface area contributed by atoms with Gasteiger partial charge >= 0.3 is 0 Å². The molecule has 0 atom stereocenters. The number of benzene rings is 2. The van der Waals surface area contributed by atoms with Gasteiger partial charge in [0.1, 0.15) is 5.82 Å². The molecule has 1 heterocycles. The molecule has 108 valence electrons. The summed E-state index contributed by atoms with van der Waals surface area (Å²) in [5, 5.41) is 1.19. The number of halogens is 4. The lowest BCUT2D eigenvalue weighted by Gasteiger charge is -2.12. The summed E-state index contributed by atoms with van der Waals surface area (Å²) < 4.78 is 3.13. The van der Waals surface area contributed by atoms with Gasteiger partial charge < -0.3 is 0 Å². The topological polar surface area (TPSA) is 17.8 Å². The van der Waals surface area contributed by atoms with E-state index in [0.717, 1.165) is 26.1 Å². The Hall–Kier alpha value is -0.490. The van der Waals surface area contributed by atoms with Crippen LogP contribution in [-0.4, -0.2) is 15.4 Å². The minimum absolute atomic E-state index is 0.489. The maximum Gasteiger partial charge on any atom is 0.115 e. The van der Waals surface area contributed by atoms with Gasteiger partial charge in [0.2, 0.25) is 0 Å². The number of hydrogen-bond donors (Lipinski definition) is 0. The van der Waals surface area contributed by atoms with E-state index in [1.54, 1.807) is 0 Å². The van der Waals surface area contributed by atoms with Crippen molar-refractivity contribution in [1.29, 1.82) is 0 Å². The predicted molar refractivity (Wildman–Crippen MR) is 98.2 cm³/mol. The average Bonchev–Trinajstić information content (AvgIpc) is 2.77. The first-order valence-corrected chi connectivity index (χ1v) is 8.66. The number of rotatable bonds is 3. The van der Waals surface area contributed by atoms with Crippen LogP contribution in [0, 0.1) is 3.57 Å². The van der Waals surface area contributed by atoms with Crippen molar-refractivity contribution in [3.8, 4) is 5.69 Å². The standard InChI is InChI=1S/C15H10Cl3IN2/c16-7-6-14-20-12-8-9(19)4-5-13(12)21(14)15-10(17)2-1-3-11(15)18/h1-5,8H,6-7H2. The van der Waals surface area contributed by atoms with Crippen LogP contribution in [0.4, 0.5) is 0 Å². The number of fused-ring (bicyclic) bond motifs is 1. The third kappa shape index (κ3) is 2.89. The minimum atomic E-state index is 0.489. The molecule has 0 fully saturated rings. The smallest absolute Gasteiger partial charge is 0.115 e. The molecule has 2 aromatic carbocycles. The van der Waals surface area contributed by atoms with Gasteiger partial charge in [-0.2, -0.15) is 0 Å². The molecule has 3 rings (SSSR count). The monoisotopic (exact) mass is 450 g/mol. The number of aromatic nitrogens is 2. The molecule has 0 bridgehead atoms. The van der Waals surface area contributed by atoms with Crippen LogP contribution in [0.25, 0.3) is 16.7 Å². The summed E-state index contributed by atoms with van der Waals surface area (Å²) in [5.74, 6) is 1.35. The van der Waals surface area contributed by atoms with Crippen LogP contribution in [0.2, 0.25) is 10.0 Å². The molecule has 0 aliphatic carbocycles. The van der Waals surface area contributed by atoms with Gasteiger partial charge in [-0.05, 0) is 52.9 Å². The lowest BCUT2D eigenvalue weighted by Crippen LogP contribution is -2.03. The van der Waals surface area contributed by atoms with Crippen LogP contribution >= 0.6 is 57.4 Å². The molecular weight excluding hydrogens is 441 g/mol. The van der Waals surface area contributed by atoms with Crippen molar-refractivity contribution in [2.24, 2.45) is 0 Å². The molecule has 0 aliphatic rings. The molecule has 21 heavy (non-hydrogen) atoms. The third-order valence-electron chi connectivity index (χ3n) is 3.17. The molecule has 0 unspecified atom stereocenters. The van der Waals surface area contributed by atoms with E-state index in [2.05, 4.69) is 27.6 Å². The molecule has 0 aliphatic heterocycles. The first-order chi connectivity index (χ1) is 10.1. The molecule has 6 heteroatoms. The van der Waals surface area contributed by atoms with Gasteiger partial charge in [0.15, 0.2) is 0 Å². The van der Waals surface area contributed by atoms with Gasteiger partial charge in [0.05, 0.1) is 26.8 Å². The Morgan fingerprint density at radius 2 is 1.81 bits per heavy atom. The Morgan fingerprint density at radius 1 is 1.10 bits per heavy atom. The minimum Gasteiger partial charge on any atom is -0.293 e. The predicted octanol–water partition coefficient (Wildman–Crippen LogP) is 5.72. The normalized spacial score (nSPS) is 11.2. The highest BCUT2D eigenvalue weighted by Gasteiger charge is 2.17. The second-order valence-corrected chi connectivity index (χ2v) is 6.94. The van der Waals surface area contributed by atoms with E-state index in [1.807, 2.05) is 41.0 Å². The fourth-order valence-electron chi connectivity index (χ4n) is 2.31. The Bertz CT molecular complexity index is 794.